The minimum atomic E-state index is -2.43. The fourth-order valence-corrected chi connectivity index (χ4v) is 5.54. The second kappa shape index (κ2) is 10.8. The topological polar surface area (TPSA) is 95.3 Å². The van der Waals surface area contributed by atoms with Gasteiger partial charge in [-0.3, -0.25) is 4.55 Å². The van der Waals surface area contributed by atoms with Crippen molar-refractivity contribution >= 4 is 33.4 Å². The molecule has 0 spiro atoms. The lowest BCUT2D eigenvalue weighted by Gasteiger charge is -2.10. The number of hydrogen-bond donors (Lipinski definition) is 1. The summed E-state index contributed by atoms with van der Waals surface area (Å²) in [6.45, 7) is 3.24. The third-order valence-corrected chi connectivity index (χ3v) is 7.54. The molecule has 0 amide bonds. The van der Waals surface area contributed by atoms with Gasteiger partial charge in [-0.05, 0) is 60.0 Å². The summed E-state index contributed by atoms with van der Waals surface area (Å²) in [4.78, 5) is 9.87. The highest BCUT2D eigenvalue weighted by Crippen LogP contribution is 2.34. The molecule has 7 rings (SSSR count). The van der Waals surface area contributed by atoms with Gasteiger partial charge in [-0.2, -0.15) is 4.21 Å². The van der Waals surface area contributed by atoms with Crippen molar-refractivity contribution in [2.45, 2.75) is 20.0 Å². The summed E-state index contributed by atoms with van der Waals surface area (Å²) in [5.74, 6) is 2.85. The standard InChI is InChI=1S/C33H26N4O4S/c1-22-12-14-26-28(18-22)36(20-23-8-4-2-5-9-23)32(34-26)30-16-17-31(40-30)33-35-27-15-13-25(41-42(38)39)19-29(27)37(33)21-24-10-6-3-7-11-24/h2-19H,20-21H2,1H3,(H,38,39). The third kappa shape index (κ3) is 5.00. The molecule has 0 aliphatic carbocycles. The Labute approximate surface area is 244 Å². The van der Waals surface area contributed by atoms with Crippen molar-refractivity contribution in [3.8, 4) is 28.9 Å². The van der Waals surface area contributed by atoms with Crippen molar-refractivity contribution in [3.05, 3.63) is 126 Å². The molecule has 0 bridgehead atoms. The first kappa shape index (κ1) is 25.9. The Morgan fingerprint density at radius 2 is 1.24 bits per heavy atom. The number of furan rings is 1. The van der Waals surface area contributed by atoms with E-state index in [1.54, 1.807) is 18.2 Å². The molecule has 3 heterocycles. The molecule has 1 N–H and O–H groups in total. The maximum atomic E-state index is 11.3. The second-order valence-corrected chi connectivity index (χ2v) is 10.7. The Balaban J connectivity index is 1.35. The molecule has 0 saturated heterocycles. The van der Waals surface area contributed by atoms with Crippen LogP contribution in [-0.4, -0.2) is 27.9 Å². The summed E-state index contributed by atoms with van der Waals surface area (Å²) in [6.07, 6.45) is 0. The molecule has 3 aromatic heterocycles. The summed E-state index contributed by atoms with van der Waals surface area (Å²) in [5.41, 5.74) is 6.79. The first-order valence-electron chi connectivity index (χ1n) is 13.5. The van der Waals surface area contributed by atoms with Crippen molar-refractivity contribution in [1.29, 1.82) is 0 Å². The van der Waals surface area contributed by atoms with Gasteiger partial charge in [0.05, 0.1) is 22.1 Å². The number of aryl methyl sites for hydroxylation is 1. The largest absolute Gasteiger partial charge is 0.450 e. The van der Waals surface area contributed by atoms with Gasteiger partial charge in [0.2, 0.25) is 0 Å². The Morgan fingerprint density at radius 3 is 1.79 bits per heavy atom. The first-order chi connectivity index (χ1) is 20.5. The summed E-state index contributed by atoms with van der Waals surface area (Å²) in [6, 6.07) is 35.5. The highest BCUT2D eigenvalue weighted by atomic mass is 32.2. The maximum Gasteiger partial charge on any atom is 0.357 e. The van der Waals surface area contributed by atoms with Crippen LogP contribution in [0.2, 0.25) is 0 Å². The lowest BCUT2D eigenvalue weighted by molar-refractivity contribution is 0.458. The molecule has 42 heavy (non-hydrogen) atoms. The summed E-state index contributed by atoms with van der Waals surface area (Å²) >= 11 is -2.43. The average molecular weight is 575 g/mol. The zero-order valence-corrected chi connectivity index (χ0v) is 23.5. The summed E-state index contributed by atoms with van der Waals surface area (Å²) < 4.78 is 36.4. The number of nitrogens with zero attached hydrogens (tertiary/aromatic N) is 4. The van der Waals surface area contributed by atoms with Gasteiger partial charge in [-0.1, -0.05) is 66.7 Å². The van der Waals surface area contributed by atoms with Crippen molar-refractivity contribution in [2.24, 2.45) is 0 Å². The Kier molecular flexibility index (Phi) is 6.65. The van der Waals surface area contributed by atoms with Crippen LogP contribution in [0.15, 0.2) is 114 Å². The number of rotatable bonds is 8. The van der Waals surface area contributed by atoms with Crippen molar-refractivity contribution in [3.63, 3.8) is 0 Å². The van der Waals surface area contributed by atoms with Gasteiger partial charge in [0.1, 0.15) is 5.75 Å². The second-order valence-electron chi connectivity index (χ2n) is 10.1. The van der Waals surface area contributed by atoms with Crippen LogP contribution in [0, 0.1) is 6.92 Å². The van der Waals surface area contributed by atoms with Crippen LogP contribution in [0.1, 0.15) is 16.7 Å². The number of imidazole rings is 2. The van der Waals surface area contributed by atoms with Gasteiger partial charge in [0.25, 0.3) is 0 Å². The van der Waals surface area contributed by atoms with Crippen molar-refractivity contribution in [1.82, 2.24) is 19.1 Å². The lowest BCUT2D eigenvalue weighted by Crippen LogP contribution is -2.03. The fourth-order valence-electron chi connectivity index (χ4n) is 5.28. The van der Waals surface area contributed by atoms with E-state index in [-0.39, 0.29) is 5.75 Å². The first-order valence-corrected chi connectivity index (χ1v) is 14.5. The van der Waals surface area contributed by atoms with Crippen LogP contribution in [0.5, 0.6) is 5.75 Å². The minimum Gasteiger partial charge on any atom is -0.450 e. The zero-order chi connectivity index (χ0) is 28.6. The van der Waals surface area contributed by atoms with E-state index >= 15 is 0 Å². The smallest absolute Gasteiger partial charge is 0.357 e. The lowest BCUT2D eigenvalue weighted by atomic mass is 10.2. The number of benzene rings is 4. The van der Waals surface area contributed by atoms with Crippen LogP contribution in [0.25, 0.3) is 45.2 Å². The summed E-state index contributed by atoms with van der Waals surface area (Å²) in [5, 5.41) is 0. The number of aromatic nitrogens is 4. The molecule has 8 nitrogen and oxygen atoms in total. The van der Waals surface area contributed by atoms with Crippen molar-refractivity contribution < 1.29 is 17.4 Å². The molecule has 1 atom stereocenters. The highest BCUT2D eigenvalue weighted by molar-refractivity contribution is 7.74. The molecule has 4 aromatic carbocycles. The molecule has 0 saturated carbocycles. The molecule has 0 aliphatic rings. The quantitative estimate of drug-likeness (QED) is 0.192. The van der Waals surface area contributed by atoms with Gasteiger partial charge in [-0.15, -0.1) is 0 Å². The molecule has 1 unspecified atom stereocenters. The van der Waals surface area contributed by atoms with E-state index in [1.165, 1.54) is 0 Å². The van der Waals surface area contributed by atoms with E-state index in [0.29, 0.717) is 36.0 Å². The predicted octanol–water partition coefficient (Wildman–Crippen LogP) is 7.23. The van der Waals surface area contributed by atoms with Gasteiger partial charge in [0, 0.05) is 19.2 Å². The van der Waals surface area contributed by atoms with Gasteiger partial charge in [-0.25, -0.2) is 9.97 Å². The van der Waals surface area contributed by atoms with Crippen LogP contribution in [-0.2, 0) is 24.5 Å². The molecule has 208 valence electrons. The molecule has 9 heteroatoms. The van der Waals surface area contributed by atoms with Gasteiger partial charge >= 0.3 is 11.4 Å². The van der Waals surface area contributed by atoms with E-state index in [2.05, 4.69) is 35.8 Å². The van der Waals surface area contributed by atoms with Crippen LogP contribution >= 0.6 is 0 Å². The highest BCUT2D eigenvalue weighted by Gasteiger charge is 2.21. The maximum absolute atomic E-state index is 11.3. The normalized spacial score (nSPS) is 12.2. The Morgan fingerprint density at radius 1 is 0.714 bits per heavy atom. The van der Waals surface area contributed by atoms with Crippen LogP contribution in [0.4, 0.5) is 0 Å². The number of fused-ring (bicyclic) bond motifs is 2. The predicted molar refractivity (Wildman–Crippen MR) is 163 cm³/mol. The molecule has 0 fully saturated rings. The van der Waals surface area contributed by atoms with E-state index in [1.807, 2.05) is 71.3 Å². The fraction of sp³-hybridized carbons (Fsp3) is 0.0909. The van der Waals surface area contributed by atoms with Gasteiger partial charge < -0.3 is 17.7 Å². The zero-order valence-electron chi connectivity index (χ0n) is 22.7. The Bertz CT molecular complexity index is 2060. The average Bonchev–Trinajstić information content (AvgIpc) is 3.70. The van der Waals surface area contributed by atoms with E-state index in [0.717, 1.165) is 39.1 Å². The van der Waals surface area contributed by atoms with Crippen LogP contribution in [0.3, 0.4) is 0 Å². The molecule has 0 radical (unpaired) electrons. The third-order valence-electron chi connectivity index (χ3n) is 7.20. The van der Waals surface area contributed by atoms with E-state index in [4.69, 9.17) is 18.6 Å². The summed E-state index contributed by atoms with van der Waals surface area (Å²) in [7, 11) is 0. The molecule has 0 aliphatic heterocycles. The van der Waals surface area contributed by atoms with E-state index < -0.39 is 11.4 Å². The van der Waals surface area contributed by atoms with Crippen LogP contribution < -0.4 is 4.18 Å². The van der Waals surface area contributed by atoms with E-state index in [9.17, 15) is 8.76 Å². The Hall–Kier alpha value is -4.99. The SMILES string of the molecule is Cc1ccc2nc(-c3ccc(-c4nc5ccc(OS(=O)O)cc5n4Cc4ccccc4)o3)n(Cc3ccccc3)c2c1. The molecular formula is C33H26N4O4S. The molecule has 7 aromatic rings. The number of hydrogen-bond acceptors (Lipinski definition) is 5. The molecular weight excluding hydrogens is 548 g/mol. The minimum absolute atomic E-state index is 0.272. The van der Waals surface area contributed by atoms with Gasteiger partial charge in [0.15, 0.2) is 23.2 Å². The van der Waals surface area contributed by atoms with Crippen molar-refractivity contribution in [2.75, 3.05) is 0 Å². The monoisotopic (exact) mass is 574 g/mol.